The molecule has 0 radical (unpaired) electrons. The summed E-state index contributed by atoms with van der Waals surface area (Å²) >= 11 is 1.93. The standard InChI is InChI=1S/C11H20N2O3S/c1-8-6-13(4-5-17-8)7-10(11(15)16-3)12-9(2)14/h8,10H,4-7H2,1-3H3,(H,12,14). The van der Waals surface area contributed by atoms with Crippen LogP contribution in [0.25, 0.3) is 0 Å². The van der Waals surface area contributed by atoms with Gasteiger partial charge in [0.2, 0.25) is 5.91 Å². The van der Waals surface area contributed by atoms with Crippen LogP contribution in [0.5, 0.6) is 0 Å². The third kappa shape index (κ3) is 4.95. The molecule has 6 heteroatoms. The van der Waals surface area contributed by atoms with Gasteiger partial charge in [-0.3, -0.25) is 9.69 Å². The number of carbonyl (C=O) groups excluding carboxylic acids is 2. The van der Waals surface area contributed by atoms with Crippen LogP contribution in [0.4, 0.5) is 0 Å². The zero-order valence-corrected chi connectivity index (χ0v) is 11.4. The number of nitrogens with one attached hydrogen (secondary N) is 1. The van der Waals surface area contributed by atoms with Crippen LogP contribution in [-0.4, -0.2) is 60.6 Å². The monoisotopic (exact) mass is 260 g/mol. The molecular formula is C11H20N2O3S. The minimum atomic E-state index is -0.562. The first-order chi connectivity index (χ1) is 8.02. The van der Waals surface area contributed by atoms with Crippen LogP contribution in [0.1, 0.15) is 13.8 Å². The van der Waals surface area contributed by atoms with Crippen LogP contribution in [-0.2, 0) is 14.3 Å². The molecule has 0 bridgehead atoms. The number of thioether (sulfide) groups is 1. The highest BCUT2D eigenvalue weighted by molar-refractivity contribution is 7.99. The average Bonchev–Trinajstić information content (AvgIpc) is 2.26. The van der Waals surface area contributed by atoms with Gasteiger partial charge in [-0.1, -0.05) is 6.92 Å². The van der Waals surface area contributed by atoms with E-state index in [-0.39, 0.29) is 11.9 Å². The van der Waals surface area contributed by atoms with Crippen molar-refractivity contribution in [3.8, 4) is 0 Å². The number of hydrogen-bond acceptors (Lipinski definition) is 5. The number of carbonyl (C=O) groups is 2. The molecule has 98 valence electrons. The largest absolute Gasteiger partial charge is 0.467 e. The Morgan fingerprint density at radius 3 is 2.82 bits per heavy atom. The lowest BCUT2D eigenvalue weighted by atomic mass is 10.2. The predicted octanol–water partition coefficient (Wildman–Crippen LogP) is 0.101. The first-order valence-corrected chi connectivity index (χ1v) is 6.76. The van der Waals surface area contributed by atoms with Gasteiger partial charge in [0.05, 0.1) is 7.11 Å². The summed E-state index contributed by atoms with van der Waals surface area (Å²) in [6.07, 6.45) is 0. The first kappa shape index (κ1) is 14.3. The number of rotatable bonds is 4. The molecule has 2 unspecified atom stereocenters. The molecule has 0 aromatic carbocycles. The maximum Gasteiger partial charge on any atom is 0.329 e. The molecule has 1 heterocycles. The molecule has 17 heavy (non-hydrogen) atoms. The number of esters is 1. The van der Waals surface area contributed by atoms with Gasteiger partial charge in [-0.15, -0.1) is 0 Å². The van der Waals surface area contributed by atoms with E-state index in [0.717, 1.165) is 18.8 Å². The van der Waals surface area contributed by atoms with Gasteiger partial charge in [0.25, 0.3) is 0 Å². The van der Waals surface area contributed by atoms with Gasteiger partial charge in [0.15, 0.2) is 0 Å². The molecule has 1 fully saturated rings. The highest BCUT2D eigenvalue weighted by atomic mass is 32.2. The van der Waals surface area contributed by atoms with E-state index in [9.17, 15) is 9.59 Å². The predicted molar refractivity (Wildman–Crippen MR) is 68.0 cm³/mol. The third-order valence-corrected chi connectivity index (χ3v) is 3.77. The molecule has 0 aromatic rings. The maximum atomic E-state index is 11.5. The van der Waals surface area contributed by atoms with E-state index in [4.69, 9.17) is 4.74 Å². The van der Waals surface area contributed by atoms with Crippen molar-refractivity contribution in [1.82, 2.24) is 10.2 Å². The number of hydrogen-bond donors (Lipinski definition) is 1. The van der Waals surface area contributed by atoms with Crippen molar-refractivity contribution in [2.75, 3.05) is 32.5 Å². The molecule has 1 N–H and O–H groups in total. The summed E-state index contributed by atoms with van der Waals surface area (Å²) in [5, 5.41) is 3.20. The summed E-state index contributed by atoms with van der Waals surface area (Å²) in [5.74, 6) is 0.473. The summed E-state index contributed by atoms with van der Waals surface area (Å²) in [6.45, 7) is 5.99. The summed E-state index contributed by atoms with van der Waals surface area (Å²) < 4.78 is 4.70. The molecule has 1 aliphatic rings. The minimum absolute atomic E-state index is 0.208. The molecule has 1 amide bonds. The lowest BCUT2D eigenvalue weighted by Gasteiger charge is -2.32. The quantitative estimate of drug-likeness (QED) is 0.727. The van der Waals surface area contributed by atoms with E-state index in [2.05, 4.69) is 17.1 Å². The van der Waals surface area contributed by atoms with Gasteiger partial charge in [-0.05, 0) is 0 Å². The highest BCUT2D eigenvalue weighted by Gasteiger charge is 2.25. The molecule has 0 aliphatic carbocycles. The third-order valence-electron chi connectivity index (χ3n) is 2.63. The Hall–Kier alpha value is -0.750. The Morgan fingerprint density at radius 2 is 2.29 bits per heavy atom. The molecule has 1 saturated heterocycles. The lowest BCUT2D eigenvalue weighted by molar-refractivity contribution is -0.145. The Kier molecular flexibility index (Phi) is 5.77. The Bertz CT molecular complexity index is 286. The van der Waals surface area contributed by atoms with Gasteiger partial charge in [0, 0.05) is 37.6 Å². The van der Waals surface area contributed by atoms with Gasteiger partial charge in [0.1, 0.15) is 6.04 Å². The van der Waals surface area contributed by atoms with Crippen molar-refractivity contribution >= 4 is 23.6 Å². The molecular weight excluding hydrogens is 240 g/mol. The van der Waals surface area contributed by atoms with E-state index in [1.807, 2.05) is 11.8 Å². The van der Waals surface area contributed by atoms with Crippen LogP contribution in [0, 0.1) is 0 Å². The fraction of sp³-hybridized carbons (Fsp3) is 0.818. The van der Waals surface area contributed by atoms with E-state index in [1.54, 1.807) is 0 Å². The highest BCUT2D eigenvalue weighted by Crippen LogP contribution is 2.17. The zero-order valence-electron chi connectivity index (χ0n) is 10.6. The van der Waals surface area contributed by atoms with Crippen molar-refractivity contribution in [2.24, 2.45) is 0 Å². The maximum absolute atomic E-state index is 11.5. The van der Waals surface area contributed by atoms with Gasteiger partial charge in [-0.25, -0.2) is 4.79 Å². The molecule has 0 saturated carbocycles. The fourth-order valence-electron chi connectivity index (χ4n) is 1.88. The Labute approximate surface area is 106 Å². The van der Waals surface area contributed by atoms with Crippen molar-refractivity contribution < 1.29 is 14.3 Å². The minimum Gasteiger partial charge on any atom is -0.467 e. The van der Waals surface area contributed by atoms with Crippen LogP contribution in [0.15, 0.2) is 0 Å². The molecule has 2 atom stereocenters. The fourth-order valence-corrected chi connectivity index (χ4v) is 2.96. The number of methoxy groups -OCH3 is 1. The normalized spacial score (nSPS) is 22.9. The Morgan fingerprint density at radius 1 is 1.59 bits per heavy atom. The molecule has 1 rings (SSSR count). The van der Waals surface area contributed by atoms with Crippen LogP contribution in [0.3, 0.4) is 0 Å². The molecule has 0 aromatic heterocycles. The van der Waals surface area contributed by atoms with Gasteiger partial charge in [-0.2, -0.15) is 11.8 Å². The van der Waals surface area contributed by atoms with E-state index in [0.29, 0.717) is 11.8 Å². The van der Waals surface area contributed by atoms with E-state index >= 15 is 0 Å². The lowest BCUT2D eigenvalue weighted by Crippen LogP contribution is -2.51. The summed E-state index contributed by atoms with van der Waals surface area (Å²) in [6, 6.07) is -0.562. The van der Waals surface area contributed by atoms with Crippen LogP contribution in [0.2, 0.25) is 0 Å². The zero-order chi connectivity index (χ0) is 12.8. The van der Waals surface area contributed by atoms with Crippen LogP contribution >= 0.6 is 11.8 Å². The SMILES string of the molecule is COC(=O)C(CN1CCSC(C)C1)NC(C)=O. The number of ether oxygens (including phenoxy) is 1. The average molecular weight is 260 g/mol. The van der Waals surface area contributed by atoms with Crippen molar-refractivity contribution in [3.63, 3.8) is 0 Å². The first-order valence-electron chi connectivity index (χ1n) is 5.71. The van der Waals surface area contributed by atoms with Gasteiger partial charge >= 0.3 is 5.97 Å². The second kappa shape index (κ2) is 6.86. The second-order valence-corrected chi connectivity index (χ2v) is 5.76. The number of amides is 1. The van der Waals surface area contributed by atoms with E-state index in [1.165, 1.54) is 14.0 Å². The molecule has 1 aliphatic heterocycles. The van der Waals surface area contributed by atoms with Gasteiger partial charge < -0.3 is 10.1 Å². The molecule has 5 nitrogen and oxygen atoms in total. The summed E-state index contributed by atoms with van der Waals surface area (Å²) in [5.41, 5.74) is 0. The van der Waals surface area contributed by atoms with E-state index < -0.39 is 6.04 Å². The van der Waals surface area contributed by atoms with Crippen molar-refractivity contribution in [3.05, 3.63) is 0 Å². The van der Waals surface area contributed by atoms with Crippen molar-refractivity contribution in [2.45, 2.75) is 25.1 Å². The molecule has 0 spiro atoms. The van der Waals surface area contributed by atoms with Crippen molar-refractivity contribution in [1.29, 1.82) is 0 Å². The van der Waals surface area contributed by atoms with Crippen LogP contribution < -0.4 is 5.32 Å². The second-order valence-electron chi connectivity index (χ2n) is 4.22. The summed E-state index contributed by atoms with van der Waals surface area (Å²) in [4.78, 5) is 24.8. The smallest absolute Gasteiger partial charge is 0.329 e. The Balaban J connectivity index is 2.52. The summed E-state index contributed by atoms with van der Waals surface area (Å²) in [7, 11) is 1.34. The number of nitrogens with zero attached hydrogens (tertiary/aromatic N) is 1. The topological polar surface area (TPSA) is 58.6 Å².